The van der Waals surface area contributed by atoms with Crippen LogP contribution in [0.2, 0.25) is 20.1 Å². The Morgan fingerprint density at radius 1 is 0.375 bits per heavy atom. The van der Waals surface area contributed by atoms with E-state index < -0.39 is 23.6 Å². The Bertz CT molecular complexity index is 2330. The maximum Gasteiger partial charge on any atom is 0.261 e. The van der Waals surface area contributed by atoms with Crippen LogP contribution in [0.15, 0.2) is 84.9 Å². The summed E-state index contributed by atoms with van der Waals surface area (Å²) in [5.41, 5.74) is 2.92. The summed E-state index contributed by atoms with van der Waals surface area (Å²) in [7, 11) is 0. The van der Waals surface area contributed by atoms with Crippen LogP contribution in [-0.4, -0.2) is 33.4 Å². The van der Waals surface area contributed by atoms with Crippen molar-refractivity contribution in [3.05, 3.63) is 138 Å². The number of carbonyl (C=O) groups is 4. The van der Waals surface area contributed by atoms with Gasteiger partial charge in [0.25, 0.3) is 23.6 Å². The lowest BCUT2D eigenvalue weighted by Crippen LogP contribution is -2.40. The Hall–Kier alpha value is -4.72. The van der Waals surface area contributed by atoms with Crippen LogP contribution in [-0.2, 0) is 13.1 Å². The van der Waals surface area contributed by atoms with Crippen LogP contribution < -0.4 is 0 Å². The summed E-state index contributed by atoms with van der Waals surface area (Å²) in [6.07, 6.45) is 0. The molecule has 6 nitrogen and oxygen atoms in total. The zero-order valence-corrected chi connectivity index (χ0v) is 27.6. The monoisotopic (exact) mass is 706 g/mol. The smallest absolute Gasteiger partial charge is 0.261 e. The summed E-state index contributed by atoms with van der Waals surface area (Å²) >= 11 is 24.8. The van der Waals surface area contributed by atoms with Gasteiger partial charge in [-0.15, -0.1) is 0 Å². The predicted molar refractivity (Wildman–Crippen MR) is 189 cm³/mol. The second-order valence-electron chi connectivity index (χ2n) is 12.1. The van der Waals surface area contributed by atoms with Gasteiger partial charge in [0, 0.05) is 53.1 Å². The SMILES string of the molecule is O=C1c2ccc3c4ccc5c6c(ccc(c7ccc(c2c37)C(=O)N1Cc1cc(Cl)cc(Cl)c1)c64)C(=O)N(Cc1cc(Cl)cc(Cl)c1)C5=O. The zero-order valence-electron chi connectivity index (χ0n) is 24.5. The number of imide groups is 2. The highest BCUT2D eigenvalue weighted by Gasteiger charge is 2.37. The van der Waals surface area contributed by atoms with E-state index in [1.165, 1.54) is 9.80 Å². The molecule has 0 bridgehead atoms. The first-order valence-electron chi connectivity index (χ1n) is 14.9. The number of amides is 4. The molecule has 0 saturated carbocycles. The molecule has 0 radical (unpaired) electrons. The molecular formula is C38H18Cl4N2O4. The van der Waals surface area contributed by atoms with E-state index in [1.54, 1.807) is 60.7 Å². The Labute approximate surface area is 292 Å². The number of fused-ring (bicyclic) bond motifs is 2. The van der Waals surface area contributed by atoms with Crippen LogP contribution in [0.1, 0.15) is 52.6 Å². The van der Waals surface area contributed by atoms with Crippen LogP contribution >= 0.6 is 46.4 Å². The molecule has 232 valence electrons. The summed E-state index contributed by atoms with van der Waals surface area (Å²) in [4.78, 5) is 58.0. The van der Waals surface area contributed by atoms with Gasteiger partial charge >= 0.3 is 0 Å². The van der Waals surface area contributed by atoms with Gasteiger partial charge in [0.2, 0.25) is 0 Å². The molecule has 2 aliphatic rings. The maximum absolute atomic E-state index is 13.9. The number of hydrogen-bond donors (Lipinski definition) is 0. The number of halogens is 4. The fourth-order valence-electron chi connectivity index (χ4n) is 7.42. The summed E-state index contributed by atoms with van der Waals surface area (Å²) in [5, 5.41) is 7.62. The van der Waals surface area contributed by atoms with Crippen LogP contribution in [0.5, 0.6) is 0 Å². The van der Waals surface area contributed by atoms with Gasteiger partial charge in [-0.1, -0.05) is 70.7 Å². The Morgan fingerprint density at radius 2 is 0.646 bits per heavy atom. The zero-order chi connectivity index (χ0) is 33.2. The average Bonchev–Trinajstić information content (AvgIpc) is 3.04. The second kappa shape index (κ2) is 10.4. The Morgan fingerprint density at radius 3 is 0.917 bits per heavy atom. The minimum Gasteiger partial charge on any atom is -0.270 e. The molecule has 0 aromatic heterocycles. The maximum atomic E-state index is 13.9. The van der Waals surface area contributed by atoms with Gasteiger partial charge < -0.3 is 0 Å². The van der Waals surface area contributed by atoms with Gasteiger partial charge in [-0.2, -0.15) is 0 Å². The molecule has 0 N–H and O–H groups in total. The fourth-order valence-corrected chi connectivity index (χ4v) is 8.57. The van der Waals surface area contributed by atoms with Gasteiger partial charge in [0.1, 0.15) is 0 Å². The first kappa shape index (κ1) is 29.4. The van der Waals surface area contributed by atoms with Gasteiger partial charge in [0.15, 0.2) is 0 Å². The molecule has 0 atom stereocenters. The summed E-state index contributed by atoms with van der Waals surface area (Å²) in [6.45, 7) is 0.0268. The normalized spacial score (nSPS) is 14.5. The van der Waals surface area contributed by atoms with E-state index in [4.69, 9.17) is 46.4 Å². The summed E-state index contributed by atoms with van der Waals surface area (Å²) < 4.78 is 0. The van der Waals surface area contributed by atoms with Gasteiger partial charge in [-0.05, 0) is 104 Å². The highest BCUT2D eigenvalue weighted by Crippen LogP contribution is 2.46. The number of rotatable bonds is 4. The molecule has 7 aromatic carbocycles. The first-order chi connectivity index (χ1) is 23.1. The summed E-state index contributed by atoms with van der Waals surface area (Å²) in [5.74, 6) is -1.66. The van der Waals surface area contributed by atoms with E-state index in [9.17, 15) is 19.2 Å². The third-order valence-electron chi connectivity index (χ3n) is 9.33. The topological polar surface area (TPSA) is 74.8 Å². The van der Waals surface area contributed by atoms with Crippen LogP contribution in [0.3, 0.4) is 0 Å². The molecule has 0 unspecified atom stereocenters. The molecule has 2 aliphatic heterocycles. The van der Waals surface area contributed by atoms with E-state index in [2.05, 4.69) is 0 Å². The number of hydrogen-bond acceptors (Lipinski definition) is 4. The third-order valence-corrected chi connectivity index (χ3v) is 10.2. The highest BCUT2D eigenvalue weighted by atomic mass is 35.5. The van der Waals surface area contributed by atoms with Crippen molar-refractivity contribution in [2.75, 3.05) is 0 Å². The molecular weight excluding hydrogens is 690 g/mol. The Kier molecular flexibility index (Phi) is 6.37. The predicted octanol–water partition coefficient (Wildman–Crippen LogP) is 9.94. The van der Waals surface area contributed by atoms with Crippen molar-refractivity contribution < 1.29 is 19.2 Å². The van der Waals surface area contributed by atoms with Crippen molar-refractivity contribution in [1.29, 1.82) is 0 Å². The lowest BCUT2D eigenvalue weighted by atomic mass is 9.82. The molecule has 2 heterocycles. The minimum absolute atomic E-state index is 0.0134. The lowest BCUT2D eigenvalue weighted by molar-refractivity contribution is 0.0583. The van der Waals surface area contributed by atoms with Gasteiger partial charge in [-0.25, -0.2) is 0 Å². The fraction of sp³-hybridized carbons (Fsp3) is 0.0526. The number of benzene rings is 7. The van der Waals surface area contributed by atoms with Crippen LogP contribution in [0.25, 0.3) is 43.1 Å². The van der Waals surface area contributed by atoms with Crippen LogP contribution in [0, 0.1) is 0 Å². The van der Waals surface area contributed by atoms with Crippen molar-refractivity contribution in [2.24, 2.45) is 0 Å². The minimum atomic E-state index is -0.416. The molecule has 9 rings (SSSR count). The standard InChI is InChI=1S/C38H18Cl4N2O4/c39-19-9-17(10-20(40)13-19)15-43-35(45)27-5-1-23-24-2-6-29-34-30(38(48)44(37(29)47)16-18-11-21(41)14-22(42)12-18)8-4-26(32(24)34)25-3-7-28(36(43)46)33(27)31(23)25/h1-14H,15-16H2. The van der Waals surface area contributed by atoms with E-state index in [-0.39, 0.29) is 13.1 Å². The highest BCUT2D eigenvalue weighted by molar-refractivity contribution is 6.41. The van der Waals surface area contributed by atoms with Crippen molar-refractivity contribution >= 4 is 113 Å². The van der Waals surface area contributed by atoms with Gasteiger partial charge in [0.05, 0.1) is 13.1 Å². The molecule has 10 heteroatoms. The molecule has 7 aromatic rings. The number of carbonyl (C=O) groups excluding carboxylic acids is 4. The summed E-state index contributed by atoms with van der Waals surface area (Å²) in [6, 6.07) is 24.4. The van der Waals surface area contributed by atoms with Crippen molar-refractivity contribution in [3.63, 3.8) is 0 Å². The molecule has 48 heavy (non-hydrogen) atoms. The largest absolute Gasteiger partial charge is 0.270 e. The van der Waals surface area contributed by atoms with Crippen LogP contribution in [0.4, 0.5) is 0 Å². The third kappa shape index (κ3) is 4.13. The molecule has 4 amide bonds. The quantitative estimate of drug-likeness (QED) is 0.104. The second-order valence-corrected chi connectivity index (χ2v) is 13.8. The average molecular weight is 708 g/mol. The molecule has 0 spiro atoms. The van der Waals surface area contributed by atoms with E-state index in [1.807, 2.05) is 24.3 Å². The number of nitrogens with zero attached hydrogens (tertiary/aromatic N) is 2. The molecule has 0 saturated heterocycles. The van der Waals surface area contributed by atoms with Crippen molar-refractivity contribution in [3.8, 4) is 0 Å². The Balaban J connectivity index is 1.21. The molecule has 0 aliphatic carbocycles. The van der Waals surface area contributed by atoms with E-state index in [0.717, 1.165) is 32.3 Å². The van der Waals surface area contributed by atoms with Crippen molar-refractivity contribution in [2.45, 2.75) is 13.1 Å². The van der Waals surface area contributed by atoms with Gasteiger partial charge in [-0.3, -0.25) is 29.0 Å². The van der Waals surface area contributed by atoms with E-state index >= 15 is 0 Å². The first-order valence-corrected chi connectivity index (χ1v) is 16.4. The van der Waals surface area contributed by atoms with E-state index in [0.29, 0.717) is 64.2 Å². The van der Waals surface area contributed by atoms with Crippen molar-refractivity contribution in [1.82, 2.24) is 9.80 Å². The lowest BCUT2D eigenvalue weighted by Gasteiger charge is -2.30. The molecule has 0 fully saturated rings.